The van der Waals surface area contributed by atoms with Crippen molar-refractivity contribution < 1.29 is 14.6 Å². The lowest BCUT2D eigenvalue weighted by Gasteiger charge is -2.14. The molecule has 0 unspecified atom stereocenters. The number of anilines is 2. The third kappa shape index (κ3) is 4.04. The second-order valence-electron chi connectivity index (χ2n) is 5.76. The van der Waals surface area contributed by atoms with Gasteiger partial charge in [0.25, 0.3) is 0 Å². The van der Waals surface area contributed by atoms with Gasteiger partial charge in [0.2, 0.25) is 0 Å². The van der Waals surface area contributed by atoms with Crippen molar-refractivity contribution in [2.24, 2.45) is 0 Å². The number of aromatic carboxylic acids is 1. The summed E-state index contributed by atoms with van der Waals surface area (Å²) in [7, 11) is 1.62. The molecular weight excluding hydrogens is 386 g/mol. The quantitative estimate of drug-likeness (QED) is 0.589. The first-order valence-corrected chi connectivity index (χ1v) is 9.44. The van der Waals surface area contributed by atoms with Gasteiger partial charge in [-0.3, -0.25) is 0 Å². The van der Waals surface area contributed by atoms with Gasteiger partial charge in [-0.25, -0.2) is 14.8 Å². The molecule has 3 aromatic rings. The van der Waals surface area contributed by atoms with Gasteiger partial charge in [0, 0.05) is 16.9 Å². The summed E-state index contributed by atoms with van der Waals surface area (Å²) >= 11 is 7.54. The zero-order valence-electron chi connectivity index (χ0n) is 15.0. The van der Waals surface area contributed by atoms with Crippen molar-refractivity contribution in [2.45, 2.75) is 20.3 Å². The smallest absolute Gasteiger partial charge is 0.337 e. The molecule has 0 aliphatic carbocycles. The number of ether oxygens (including phenoxy) is 1. The summed E-state index contributed by atoms with van der Waals surface area (Å²) in [5.41, 5.74) is 2.59. The van der Waals surface area contributed by atoms with Gasteiger partial charge in [-0.2, -0.15) is 0 Å². The Morgan fingerprint density at radius 1 is 1.30 bits per heavy atom. The summed E-state index contributed by atoms with van der Waals surface area (Å²) in [5, 5.41) is 13.3. The van der Waals surface area contributed by atoms with Crippen molar-refractivity contribution in [1.29, 1.82) is 0 Å². The Bertz CT molecular complexity index is 1000. The molecular formula is C19H18ClN3O3S. The molecule has 0 aliphatic rings. The van der Waals surface area contributed by atoms with E-state index in [0.29, 0.717) is 17.3 Å². The van der Waals surface area contributed by atoms with Crippen LogP contribution in [0.1, 0.15) is 28.5 Å². The van der Waals surface area contributed by atoms with Gasteiger partial charge >= 0.3 is 5.97 Å². The fraction of sp³-hybridized carbons (Fsp3) is 0.211. The van der Waals surface area contributed by atoms with E-state index in [1.165, 1.54) is 17.4 Å². The zero-order valence-corrected chi connectivity index (χ0v) is 16.6. The van der Waals surface area contributed by atoms with Gasteiger partial charge in [0.15, 0.2) is 10.9 Å². The SMILES string of the molecule is CCc1c(C)nc(-c2ccc(OC)s2)nc1Nc1ccc(C(=O)O)c(Cl)c1. The summed E-state index contributed by atoms with van der Waals surface area (Å²) in [5.74, 6) is 0.216. The molecule has 0 aliphatic heterocycles. The molecule has 0 saturated heterocycles. The molecule has 6 nitrogen and oxygen atoms in total. The Morgan fingerprint density at radius 3 is 2.67 bits per heavy atom. The van der Waals surface area contributed by atoms with Crippen molar-refractivity contribution in [2.75, 3.05) is 12.4 Å². The second-order valence-corrected chi connectivity index (χ2v) is 7.21. The lowest BCUT2D eigenvalue weighted by Crippen LogP contribution is -2.05. The van der Waals surface area contributed by atoms with Gasteiger partial charge < -0.3 is 15.2 Å². The van der Waals surface area contributed by atoms with E-state index in [0.717, 1.165) is 27.6 Å². The predicted molar refractivity (Wildman–Crippen MR) is 108 cm³/mol. The molecule has 0 spiro atoms. The number of aryl methyl sites for hydroxylation is 1. The first-order valence-electron chi connectivity index (χ1n) is 8.24. The van der Waals surface area contributed by atoms with Gasteiger partial charge in [0.1, 0.15) is 5.82 Å². The molecule has 1 aromatic carbocycles. The minimum absolute atomic E-state index is 0.0585. The summed E-state index contributed by atoms with van der Waals surface area (Å²) in [6, 6.07) is 8.52. The Balaban J connectivity index is 2.01. The van der Waals surface area contributed by atoms with Gasteiger partial charge in [-0.05, 0) is 43.7 Å². The van der Waals surface area contributed by atoms with E-state index in [1.54, 1.807) is 19.2 Å². The summed E-state index contributed by atoms with van der Waals surface area (Å²) in [6.45, 7) is 3.98. The molecule has 2 heterocycles. The summed E-state index contributed by atoms with van der Waals surface area (Å²) in [6.07, 6.45) is 0.753. The fourth-order valence-corrected chi connectivity index (χ4v) is 3.70. The Labute approximate surface area is 165 Å². The van der Waals surface area contributed by atoms with Crippen molar-refractivity contribution in [3.05, 3.63) is 52.2 Å². The highest BCUT2D eigenvalue weighted by atomic mass is 35.5. The van der Waals surface area contributed by atoms with Crippen molar-refractivity contribution in [3.63, 3.8) is 0 Å². The normalized spacial score (nSPS) is 10.7. The van der Waals surface area contributed by atoms with Gasteiger partial charge in [0.05, 0.1) is 22.6 Å². The highest BCUT2D eigenvalue weighted by Crippen LogP contribution is 2.33. The molecule has 27 heavy (non-hydrogen) atoms. The van der Waals surface area contributed by atoms with Crippen LogP contribution in [0.4, 0.5) is 11.5 Å². The van der Waals surface area contributed by atoms with Crippen LogP contribution in [0.25, 0.3) is 10.7 Å². The molecule has 0 fully saturated rings. The minimum atomic E-state index is -1.06. The number of hydrogen-bond acceptors (Lipinski definition) is 6. The molecule has 0 radical (unpaired) electrons. The first kappa shape index (κ1) is 19.1. The Kier molecular flexibility index (Phi) is 5.62. The summed E-state index contributed by atoms with van der Waals surface area (Å²) in [4.78, 5) is 21.3. The maximum atomic E-state index is 11.1. The van der Waals surface area contributed by atoms with E-state index in [9.17, 15) is 4.79 Å². The number of hydrogen-bond donors (Lipinski definition) is 2. The van der Waals surface area contributed by atoms with Crippen LogP contribution in [0.3, 0.4) is 0 Å². The molecule has 8 heteroatoms. The fourth-order valence-electron chi connectivity index (χ4n) is 2.69. The Hall–Kier alpha value is -2.64. The molecule has 140 valence electrons. The van der Waals surface area contributed by atoms with E-state index in [2.05, 4.69) is 15.3 Å². The third-order valence-corrected chi connectivity index (χ3v) is 5.39. The van der Waals surface area contributed by atoms with Crippen LogP contribution >= 0.6 is 22.9 Å². The standard InChI is InChI=1S/C19H18ClN3O3S/c1-4-12-10(2)21-18(15-7-8-16(26-3)27-15)23-17(12)22-11-5-6-13(19(24)25)14(20)9-11/h5-9H,4H2,1-3H3,(H,24,25)(H,21,22,23). The number of nitrogens with one attached hydrogen (secondary N) is 1. The van der Waals surface area contributed by atoms with Gasteiger partial charge in [-0.15, -0.1) is 0 Å². The number of aromatic nitrogens is 2. The van der Waals surface area contributed by atoms with Crippen LogP contribution in [0.2, 0.25) is 5.02 Å². The number of carboxylic acids is 1. The molecule has 0 saturated carbocycles. The van der Waals surface area contributed by atoms with Crippen LogP contribution in [0, 0.1) is 6.92 Å². The van der Waals surface area contributed by atoms with Crippen molar-refractivity contribution in [3.8, 4) is 15.8 Å². The van der Waals surface area contributed by atoms with Crippen LogP contribution in [0.5, 0.6) is 5.06 Å². The highest BCUT2D eigenvalue weighted by molar-refractivity contribution is 7.17. The maximum Gasteiger partial charge on any atom is 0.337 e. The topological polar surface area (TPSA) is 84.3 Å². The van der Waals surface area contributed by atoms with Crippen molar-refractivity contribution >= 4 is 40.4 Å². The second kappa shape index (κ2) is 7.94. The molecule has 3 rings (SSSR count). The number of rotatable bonds is 6. The number of carbonyl (C=O) groups is 1. The van der Waals surface area contributed by atoms with Crippen LogP contribution in [0.15, 0.2) is 30.3 Å². The third-order valence-electron chi connectivity index (χ3n) is 4.03. The monoisotopic (exact) mass is 403 g/mol. The largest absolute Gasteiger partial charge is 0.487 e. The minimum Gasteiger partial charge on any atom is -0.487 e. The van der Waals surface area contributed by atoms with E-state index < -0.39 is 5.97 Å². The molecule has 2 N–H and O–H groups in total. The average molecular weight is 404 g/mol. The lowest BCUT2D eigenvalue weighted by atomic mass is 10.1. The molecule has 0 atom stereocenters. The average Bonchev–Trinajstić information content (AvgIpc) is 3.10. The van der Waals surface area contributed by atoms with Crippen LogP contribution < -0.4 is 10.1 Å². The highest BCUT2D eigenvalue weighted by Gasteiger charge is 2.15. The number of halogens is 1. The van der Waals surface area contributed by atoms with Gasteiger partial charge in [-0.1, -0.05) is 29.9 Å². The predicted octanol–water partition coefficient (Wildman–Crippen LogP) is 5.18. The van der Waals surface area contributed by atoms with E-state index >= 15 is 0 Å². The van der Waals surface area contributed by atoms with E-state index in [4.69, 9.17) is 21.4 Å². The first-order chi connectivity index (χ1) is 12.9. The maximum absolute atomic E-state index is 11.1. The Morgan fingerprint density at radius 2 is 2.07 bits per heavy atom. The summed E-state index contributed by atoms with van der Waals surface area (Å²) < 4.78 is 5.25. The number of benzene rings is 1. The molecule has 0 amide bonds. The van der Waals surface area contributed by atoms with E-state index in [1.807, 2.05) is 26.0 Å². The van der Waals surface area contributed by atoms with Crippen LogP contribution in [-0.4, -0.2) is 28.2 Å². The number of thiophene rings is 1. The zero-order chi connectivity index (χ0) is 19.6. The lowest BCUT2D eigenvalue weighted by molar-refractivity contribution is 0.0697. The number of carboxylic acid groups (broad SMARTS) is 1. The van der Waals surface area contributed by atoms with E-state index in [-0.39, 0.29) is 10.6 Å². The molecule has 0 bridgehead atoms. The van der Waals surface area contributed by atoms with Crippen molar-refractivity contribution in [1.82, 2.24) is 9.97 Å². The number of methoxy groups -OCH3 is 1. The molecule has 2 aromatic heterocycles. The number of nitrogens with zero attached hydrogens (tertiary/aromatic N) is 2. The van der Waals surface area contributed by atoms with Crippen LogP contribution in [-0.2, 0) is 6.42 Å².